The highest BCUT2D eigenvalue weighted by molar-refractivity contribution is 6.22. The lowest BCUT2D eigenvalue weighted by Gasteiger charge is -2.19. The second kappa shape index (κ2) is 16.6. The van der Waals surface area contributed by atoms with Gasteiger partial charge >= 0.3 is 0 Å². The molecule has 0 aliphatic heterocycles. The Kier molecular flexibility index (Phi) is 10.0. The van der Waals surface area contributed by atoms with Gasteiger partial charge in [-0.25, -0.2) is 0 Å². The van der Waals surface area contributed by atoms with E-state index in [-0.39, 0.29) is 0 Å². The Labute approximate surface area is 370 Å². The summed E-state index contributed by atoms with van der Waals surface area (Å²) in [7, 11) is 0. The second-order valence-electron chi connectivity index (χ2n) is 16.7. The average molecular weight is 803 g/mol. The summed E-state index contributed by atoms with van der Waals surface area (Å²) >= 11 is 0. The summed E-state index contributed by atoms with van der Waals surface area (Å²) in [6, 6.07) is 87.4. The van der Waals surface area contributed by atoms with E-state index in [1.165, 1.54) is 116 Å². The Morgan fingerprint density at radius 3 is 1.30 bits per heavy atom. The van der Waals surface area contributed by atoms with Crippen LogP contribution in [0.25, 0.3) is 110 Å². The lowest BCUT2D eigenvalue weighted by molar-refractivity contribution is 0.922. The number of aryl methyl sites for hydroxylation is 1. The van der Waals surface area contributed by atoms with Gasteiger partial charge in [0.25, 0.3) is 0 Å². The quantitative estimate of drug-likeness (QED) is 0.128. The Morgan fingerprint density at radius 2 is 0.698 bits per heavy atom. The van der Waals surface area contributed by atoms with Crippen LogP contribution in [0.1, 0.15) is 18.9 Å². The molecule has 0 unspecified atom stereocenters. The minimum atomic E-state index is 1.10. The minimum Gasteiger partial charge on any atom is -0.0651 e. The highest BCUT2D eigenvalue weighted by Crippen LogP contribution is 2.46. The van der Waals surface area contributed by atoms with E-state index in [0.717, 1.165) is 12.8 Å². The van der Waals surface area contributed by atoms with Crippen LogP contribution in [0.4, 0.5) is 0 Å². The largest absolute Gasteiger partial charge is 0.0651 e. The molecule has 0 aliphatic rings. The van der Waals surface area contributed by atoms with E-state index in [1.807, 2.05) is 0 Å². The summed E-state index contributed by atoms with van der Waals surface area (Å²) in [5, 5.41) is 7.52. The van der Waals surface area contributed by atoms with Crippen molar-refractivity contribution in [1.29, 1.82) is 0 Å². The lowest BCUT2D eigenvalue weighted by Crippen LogP contribution is -1.92. The number of hydrogen-bond acceptors (Lipinski definition) is 0. The first-order chi connectivity index (χ1) is 31.2. The minimum absolute atomic E-state index is 1.10. The van der Waals surface area contributed by atoms with Crippen LogP contribution in [0.2, 0.25) is 0 Å². The first-order valence-electron chi connectivity index (χ1n) is 22.2. The van der Waals surface area contributed by atoms with Crippen molar-refractivity contribution in [3.63, 3.8) is 0 Å². The van der Waals surface area contributed by atoms with Gasteiger partial charge in [-0.2, -0.15) is 0 Å². The standard InChI is InChI=1S/C63H46/c1-2-16-43-29-31-48(32-30-43)62-56-25-11-13-27-58(56)63(59-28-14-12-26-57(59)62)52-38-37-51-40-53(55-24-10-9-23-54(55)46-19-7-4-8-20-46)42-60(61(51)41-52)47-35-33-45(34-36-47)50-22-15-21-49(39-50)44-17-5-3-6-18-44/h3-15,17-42H,2,16H2,1H3. The van der Waals surface area contributed by atoms with Gasteiger partial charge in [0.05, 0.1) is 0 Å². The molecular weight excluding hydrogens is 757 g/mol. The van der Waals surface area contributed by atoms with Crippen LogP contribution in [0.15, 0.2) is 237 Å². The molecule has 0 saturated heterocycles. The molecular formula is C63H46. The maximum Gasteiger partial charge on any atom is -0.00261 e. The molecule has 0 fully saturated rings. The third-order valence-corrected chi connectivity index (χ3v) is 12.8. The summed E-state index contributed by atoms with van der Waals surface area (Å²) in [5.74, 6) is 0. The topological polar surface area (TPSA) is 0 Å². The van der Waals surface area contributed by atoms with Crippen molar-refractivity contribution in [2.75, 3.05) is 0 Å². The smallest absolute Gasteiger partial charge is 0.00261 e. The van der Waals surface area contributed by atoms with Crippen LogP contribution in [-0.2, 0) is 6.42 Å². The average Bonchev–Trinajstić information content (AvgIpc) is 3.36. The van der Waals surface area contributed by atoms with Crippen LogP contribution < -0.4 is 0 Å². The second-order valence-corrected chi connectivity index (χ2v) is 16.7. The molecule has 0 radical (unpaired) electrons. The Hall–Kier alpha value is -7.80. The van der Waals surface area contributed by atoms with E-state index in [0.29, 0.717) is 0 Å². The molecule has 0 bridgehead atoms. The van der Waals surface area contributed by atoms with E-state index < -0.39 is 0 Å². The Bertz CT molecular complexity index is 3360. The SMILES string of the molecule is CCCc1ccc(-c2c3ccccc3c(-c3ccc4cc(-c5ccccc5-c5ccccc5)cc(-c5ccc(-c6cccc(-c7ccccc7)c6)cc5)c4c3)c3ccccc23)cc1. The molecule has 11 rings (SSSR count). The molecule has 0 amide bonds. The Morgan fingerprint density at radius 1 is 0.254 bits per heavy atom. The van der Waals surface area contributed by atoms with Crippen LogP contribution in [0.3, 0.4) is 0 Å². The van der Waals surface area contributed by atoms with Gasteiger partial charge in [-0.15, -0.1) is 0 Å². The van der Waals surface area contributed by atoms with Crippen molar-refractivity contribution in [2.45, 2.75) is 19.8 Å². The maximum atomic E-state index is 2.45. The highest BCUT2D eigenvalue weighted by atomic mass is 14.2. The molecule has 0 aliphatic carbocycles. The fraction of sp³-hybridized carbons (Fsp3) is 0.0476. The number of benzene rings is 11. The predicted octanol–water partition coefficient (Wildman–Crippen LogP) is 17.8. The summed E-state index contributed by atoms with van der Waals surface area (Å²) in [5.41, 5.74) is 18.6. The summed E-state index contributed by atoms with van der Waals surface area (Å²) in [4.78, 5) is 0. The molecule has 0 nitrogen and oxygen atoms in total. The summed E-state index contributed by atoms with van der Waals surface area (Å²) in [6.07, 6.45) is 2.24. The van der Waals surface area contributed by atoms with Crippen molar-refractivity contribution in [3.05, 3.63) is 242 Å². The molecule has 63 heavy (non-hydrogen) atoms. The van der Waals surface area contributed by atoms with Crippen molar-refractivity contribution >= 4 is 32.3 Å². The van der Waals surface area contributed by atoms with Gasteiger partial charge in [0, 0.05) is 0 Å². The monoisotopic (exact) mass is 802 g/mol. The van der Waals surface area contributed by atoms with Gasteiger partial charge in [0.15, 0.2) is 0 Å². The summed E-state index contributed by atoms with van der Waals surface area (Å²) in [6.45, 7) is 2.25. The molecule has 11 aromatic carbocycles. The fourth-order valence-electron chi connectivity index (χ4n) is 9.74. The molecule has 0 spiro atoms. The van der Waals surface area contributed by atoms with E-state index in [1.54, 1.807) is 0 Å². The molecule has 0 heteroatoms. The number of rotatable bonds is 9. The van der Waals surface area contributed by atoms with Crippen LogP contribution in [-0.4, -0.2) is 0 Å². The van der Waals surface area contributed by atoms with Gasteiger partial charge in [0.1, 0.15) is 0 Å². The molecule has 11 aromatic rings. The normalized spacial score (nSPS) is 11.4. The zero-order valence-corrected chi connectivity index (χ0v) is 35.4. The first-order valence-corrected chi connectivity index (χ1v) is 22.2. The third kappa shape index (κ3) is 7.20. The predicted molar refractivity (Wildman–Crippen MR) is 271 cm³/mol. The van der Waals surface area contributed by atoms with E-state index >= 15 is 0 Å². The van der Waals surface area contributed by atoms with E-state index in [9.17, 15) is 0 Å². The number of hydrogen-bond donors (Lipinski definition) is 0. The van der Waals surface area contributed by atoms with Gasteiger partial charge in [0.2, 0.25) is 0 Å². The molecule has 0 aromatic heterocycles. The zero-order valence-electron chi connectivity index (χ0n) is 35.4. The molecule has 0 N–H and O–H groups in total. The third-order valence-electron chi connectivity index (χ3n) is 12.8. The first kappa shape index (κ1) is 38.1. The number of fused-ring (bicyclic) bond motifs is 3. The highest BCUT2D eigenvalue weighted by Gasteiger charge is 2.19. The molecule has 0 atom stereocenters. The van der Waals surface area contributed by atoms with Crippen molar-refractivity contribution in [2.24, 2.45) is 0 Å². The summed E-state index contributed by atoms with van der Waals surface area (Å²) < 4.78 is 0. The molecule has 0 saturated carbocycles. The van der Waals surface area contributed by atoms with E-state index in [2.05, 4.69) is 244 Å². The molecule has 298 valence electrons. The van der Waals surface area contributed by atoms with Crippen LogP contribution >= 0.6 is 0 Å². The molecule has 0 heterocycles. The zero-order chi connectivity index (χ0) is 42.1. The van der Waals surface area contributed by atoms with Crippen molar-refractivity contribution in [1.82, 2.24) is 0 Å². The lowest BCUT2D eigenvalue weighted by atomic mass is 9.84. The van der Waals surface area contributed by atoms with Crippen molar-refractivity contribution < 1.29 is 0 Å². The van der Waals surface area contributed by atoms with Crippen LogP contribution in [0, 0.1) is 0 Å². The van der Waals surface area contributed by atoms with Gasteiger partial charge in [-0.1, -0.05) is 226 Å². The van der Waals surface area contributed by atoms with Gasteiger partial charge in [-0.05, 0) is 146 Å². The van der Waals surface area contributed by atoms with Crippen LogP contribution in [0.5, 0.6) is 0 Å². The van der Waals surface area contributed by atoms with E-state index in [4.69, 9.17) is 0 Å². The fourth-order valence-corrected chi connectivity index (χ4v) is 9.74. The van der Waals surface area contributed by atoms with Gasteiger partial charge in [-0.3, -0.25) is 0 Å². The van der Waals surface area contributed by atoms with Crippen molar-refractivity contribution in [3.8, 4) is 77.9 Å². The van der Waals surface area contributed by atoms with Gasteiger partial charge < -0.3 is 0 Å². The maximum absolute atomic E-state index is 2.45. The Balaban J connectivity index is 1.10.